The van der Waals surface area contributed by atoms with Crippen LogP contribution < -0.4 is 10.1 Å². The van der Waals surface area contributed by atoms with Crippen molar-refractivity contribution in [3.8, 4) is 11.6 Å². The molecular formula is C21H15ClF4N4O3S. The molecule has 0 spiro atoms. The summed E-state index contributed by atoms with van der Waals surface area (Å²) in [6.07, 6.45) is -3.77. The van der Waals surface area contributed by atoms with Crippen LogP contribution in [0.3, 0.4) is 0 Å². The third kappa shape index (κ3) is 5.45. The molecule has 1 amide bonds. The summed E-state index contributed by atoms with van der Waals surface area (Å²) in [5, 5.41) is 8.58. The summed E-state index contributed by atoms with van der Waals surface area (Å²) in [7, 11) is -3.13. The van der Waals surface area contributed by atoms with Gasteiger partial charge in [0, 0.05) is 29.8 Å². The van der Waals surface area contributed by atoms with Crippen molar-refractivity contribution in [1.29, 1.82) is 4.78 Å². The van der Waals surface area contributed by atoms with Crippen LogP contribution in [0.5, 0.6) is 11.6 Å². The number of ether oxygens (including phenoxy) is 1. The van der Waals surface area contributed by atoms with E-state index in [0.717, 1.165) is 19.1 Å². The van der Waals surface area contributed by atoms with Crippen molar-refractivity contribution in [1.82, 2.24) is 10.2 Å². The number of rotatable bonds is 5. The van der Waals surface area contributed by atoms with Crippen LogP contribution in [0, 0.1) is 24.4 Å². The fourth-order valence-corrected chi connectivity index (χ4v) is 3.72. The van der Waals surface area contributed by atoms with Crippen molar-refractivity contribution in [2.24, 2.45) is 0 Å². The number of anilines is 1. The minimum atomic E-state index is -4.94. The second kappa shape index (κ2) is 9.18. The number of nitrogens with zero attached hydrogens (tertiary/aromatic N) is 2. The average Bonchev–Trinajstić information content (AvgIpc) is 2.70. The first-order valence-electron chi connectivity index (χ1n) is 9.20. The van der Waals surface area contributed by atoms with Gasteiger partial charge in [-0.25, -0.2) is 13.4 Å². The topological polar surface area (TPSA) is 105 Å². The number of carbonyl (C=O) groups excluding carboxylic acids is 1. The van der Waals surface area contributed by atoms with Gasteiger partial charge in [-0.3, -0.25) is 4.79 Å². The molecule has 2 aromatic carbocycles. The van der Waals surface area contributed by atoms with E-state index in [2.05, 4.69) is 15.5 Å². The van der Waals surface area contributed by atoms with Gasteiger partial charge in [-0.1, -0.05) is 17.7 Å². The molecule has 13 heteroatoms. The maximum absolute atomic E-state index is 13.8. The lowest BCUT2D eigenvalue weighted by atomic mass is 10.1. The Morgan fingerprint density at radius 1 is 1.24 bits per heavy atom. The first-order chi connectivity index (χ1) is 15.7. The van der Waals surface area contributed by atoms with Crippen LogP contribution in [0.25, 0.3) is 0 Å². The molecule has 178 valence electrons. The molecular weight excluding hydrogens is 500 g/mol. The second-order valence-corrected chi connectivity index (χ2v) is 9.62. The molecule has 3 rings (SSSR count). The van der Waals surface area contributed by atoms with Gasteiger partial charge in [0.15, 0.2) is 11.4 Å². The molecule has 0 saturated carbocycles. The molecule has 2 N–H and O–H groups in total. The average molecular weight is 515 g/mol. The Labute approximate surface area is 197 Å². The largest absolute Gasteiger partial charge is 0.435 e. The molecule has 3 aromatic rings. The fraction of sp³-hybridized carbons (Fsp3) is 0.143. The number of benzene rings is 2. The number of halogens is 5. The van der Waals surface area contributed by atoms with E-state index in [1.165, 1.54) is 30.5 Å². The number of amides is 1. The molecule has 2 radical (unpaired) electrons. The lowest BCUT2D eigenvalue weighted by molar-refractivity contribution is -0.142. The van der Waals surface area contributed by atoms with Gasteiger partial charge in [0.1, 0.15) is 11.4 Å². The van der Waals surface area contributed by atoms with Crippen LogP contribution in [0.2, 0.25) is 5.02 Å². The molecule has 1 aromatic heterocycles. The first-order valence-corrected chi connectivity index (χ1v) is 11.5. The first kappa shape index (κ1) is 25.4. The van der Waals surface area contributed by atoms with E-state index in [0.29, 0.717) is 0 Å². The SMILES string of the molecule is [CH]c1cc(F)cc(Oc2nnc(C(F)(F)F)c(C)c2C(=O)Nc2cccc(S(C)(=N)=O)c2)c1Cl. The van der Waals surface area contributed by atoms with E-state index in [1.54, 1.807) is 0 Å². The molecule has 1 atom stereocenters. The normalized spacial score (nSPS) is 13.3. The van der Waals surface area contributed by atoms with Crippen molar-refractivity contribution < 1.29 is 31.3 Å². The zero-order chi connectivity index (χ0) is 25.4. The van der Waals surface area contributed by atoms with Gasteiger partial charge in [0.2, 0.25) is 0 Å². The molecule has 0 fully saturated rings. The van der Waals surface area contributed by atoms with E-state index in [-0.39, 0.29) is 21.2 Å². The number of alkyl halides is 3. The summed E-state index contributed by atoms with van der Waals surface area (Å²) in [5.74, 6) is -3.03. The summed E-state index contributed by atoms with van der Waals surface area (Å²) in [5.41, 5.74) is -2.88. The van der Waals surface area contributed by atoms with Crippen LogP contribution >= 0.6 is 11.6 Å². The van der Waals surface area contributed by atoms with Gasteiger partial charge >= 0.3 is 6.18 Å². The highest BCUT2D eigenvalue weighted by molar-refractivity contribution is 7.91. The predicted molar refractivity (Wildman–Crippen MR) is 116 cm³/mol. The summed E-state index contributed by atoms with van der Waals surface area (Å²) in [6, 6.07) is 7.14. The Balaban J connectivity index is 2.11. The highest BCUT2D eigenvalue weighted by atomic mass is 35.5. The predicted octanol–water partition coefficient (Wildman–Crippen LogP) is 5.74. The Morgan fingerprint density at radius 3 is 2.53 bits per heavy atom. The van der Waals surface area contributed by atoms with Gasteiger partial charge < -0.3 is 10.1 Å². The van der Waals surface area contributed by atoms with Crippen molar-refractivity contribution in [2.75, 3.05) is 11.6 Å². The lowest BCUT2D eigenvalue weighted by Crippen LogP contribution is -2.21. The fourth-order valence-electron chi connectivity index (χ4n) is 2.88. The van der Waals surface area contributed by atoms with E-state index < -0.39 is 56.1 Å². The highest BCUT2D eigenvalue weighted by Crippen LogP contribution is 2.37. The van der Waals surface area contributed by atoms with Crippen LogP contribution in [0.15, 0.2) is 41.3 Å². The maximum atomic E-state index is 13.8. The monoisotopic (exact) mass is 514 g/mol. The molecule has 34 heavy (non-hydrogen) atoms. The highest BCUT2D eigenvalue weighted by Gasteiger charge is 2.38. The van der Waals surface area contributed by atoms with Gasteiger partial charge in [-0.05, 0) is 42.3 Å². The zero-order valence-electron chi connectivity index (χ0n) is 17.5. The van der Waals surface area contributed by atoms with Crippen molar-refractivity contribution in [3.63, 3.8) is 0 Å². The Morgan fingerprint density at radius 2 is 1.91 bits per heavy atom. The van der Waals surface area contributed by atoms with E-state index >= 15 is 0 Å². The molecule has 0 saturated heterocycles. The van der Waals surface area contributed by atoms with Gasteiger partial charge in [0.25, 0.3) is 11.8 Å². The molecule has 0 bridgehead atoms. The van der Waals surface area contributed by atoms with E-state index in [9.17, 15) is 26.6 Å². The molecule has 1 heterocycles. The van der Waals surface area contributed by atoms with Crippen LogP contribution in [-0.2, 0) is 15.9 Å². The van der Waals surface area contributed by atoms with Gasteiger partial charge in [0.05, 0.1) is 14.8 Å². The van der Waals surface area contributed by atoms with Crippen molar-refractivity contribution in [2.45, 2.75) is 18.0 Å². The number of aromatic nitrogens is 2. The quantitative estimate of drug-likeness (QED) is 0.423. The summed E-state index contributed by atoms with van der Waals surface area (Å²) >= 11 is 5.99. The molecule has 0 aliphatic heterocycles. The van der Waals surface area contributed by atoms with Crippen molar-refractivity contribution in [3.05, 3.63) is 76.5 Å². The van der Waals surface area contributed by atoms with E-state index in [1.807, 2.05) is 0 Å². The van der Waals surface area contributed by atoms with Crippen molar-refractivity contribution >= 4 is 32.9 Å². The number of hydrogen-bond acceptors (Lipinski definition) is 6. The summed E-state index contributed by atoms with van der Waals surface area (Å²) < 4.78 is 79.0. The van der Waals surface area contributed by atoms with Gasteiger partial charge in [-0.15, -0.1) is 10.2 Å². The molecule has 7 nitrogen and oxygen atoms in total. The third-order valence-corrected chi connectivity index (χ3v) is 6.02. The summed E-state index contributed by atoms with van der Waals surface area (Å²) in [4.78, 5) is 13.1. The summed E-state index contributed by atoms with van der Waals surface area (Å²) in [6.45, 7) is 6.57. The van der Waals surface area contributed by atoms with Crippen LogP contribution in [0.4, 0.5) is 23.2 Å². The Hall–Kier alpha value is -3.25. The number of hydrogen-bond donors (Lipinski definition) is 2. The second-order valence-electron chi connectivity index (χ2n) is 7.09. The van der Waals surface area contributed by atoms with Crippen LogP contribution in [-0.4, -0.2) is 26.6 Å². The molecule has 0 aliphatic carbocycles. The Kier molecular flexibility index (Phi) is 6.85. The van der Waals surface area contributed by atoms with Gasteiger partial charge in [-0.2, -0.15) is 13.2 Å². The Bertz CT molecular complexity index is 1400. The number of nitrogens with one attached hydrogen (secondary N) is 2. The third-order valence-electron chi connectivity index (χ3n) is 4.46. The standard InChI is InChI=1S/C21H15ClF4N4O3S/c1-10-7-12(23)8-15(17(10)22)33-20-16(11(2)18(29-30-20)21(24,25)26)19(31)28-13-5-4-6-14(9-13)34(3,27)32/h1,4-9,27H,2-3H3,(H,28,31). The van der Waals surface area contributed by atoms with Crippen LogP contribution in [0.1, 0.15) is 27.2 Å². The smallest absolute Gasteiger partial charge is 0.435 e. The lowest BCUT2D eigenvalue weighted by Gasteiger charge is -2.17. The zero-order valence-corrected chi connectivity index (χ0v) is 19.0. The minimum absolute atomic E-state index is 0.0491. The molecule has 0 aliphatic rings. The van der Waals surface area contributed by atoms with E-state index in [4.69, 9.17) is 28.0 Å². The minimum Gasteiger partial charge on any atom is -0.435 e. The maximum Gasteiger partial charge on any atom is 0.435 e. The molecule has 1 unspecified atom stereocenters. The number of carbonyl (C=O) groups is 1.